The van der Waals surface area contributed by atoms with Gasteiger partial charge in [0, 0.05) is 25.8 Å². The van der Waals surface area contributed by atoms with E-state index in [1.54, 1.807) is 7.11 Å². The van der Waals surface area contributed by atoms with Crippen molar-refractivity contribution in [3.63, 3.8) is 0 Å². The summed E-state index contributed by atoms with van der Waals surface area (Å²) in [6.45, 7) is 1.81. The molecule has 2 aromatic rings. The first-order chi connectivity index (χ1) is 12.7. The molecular formula is C18H21ClN4O3. The molecule has 1 fully saturated rings. The minimum atomic E-state index is -0.217. The number of benzene rings is 1. The van der Waals surface area contributed by atoms with Crippen molar-refractivity contribution < 1.29 is 14.3 Å². The number of nitrogens with zero attached hydrogens (tertiary/aromatic N) is 2. The molecule has 1 saturated heterocycles. The van der Waals surface area contributed by atoms with Crippen molar-refractivity contribution in [2.24, 2.45) is 0 Å². The van der Waals surface area contributed by atoms with Gasteiger partial charge in [-0.1, -0.05) is 23.7 Å². The number of carbonyl (C=O) groups is 1. The molecule has 1 aromatic heterocycles. The zero-order valence-electron chi connectivity index (χ0n) is 14.5. The van der Waals surface area contributed by atoms with Crippen LogP contribution in [-0.4, -0.2) is 42.5 Å². The molecule has 2 N–H and O–H groups in total. The number of ether oxygens (including phenoxy) is 2. The first kappa shape index (κ1) is 18.4. The normalized spacial score (nSPS) is 14.7. The van der Waals surface area contributed by atoms with Gasteiger partial charge >= 0.3 is 0 Å². The van der Waals surface area contributed by atoms with Crippen molar-refractivity contribution in [2.75, 3.05) is 25.6 Å². The van der Waals surface area contributed by atoms with E-state index in [0.29, 0.717) is 31.1 Å². The van der Waals surface area contributed by atoms with E-state index in [1.807, 2.05) is 24.3 Å². The van der Waals surface area contributed by atoms with E-state index < -0.39 is 0 Å². The van der Waals surface area contributed by atoms with Gasteiger partial charge in [0.2, 0.25) is 0 Å². The Kier molecular flexibility index (Phi) is 6.25. The van der Waals surface area contributed by atoms with Crippen LogP contribution >= 0.6 is 11.6 Å². The Morgan fingerprint density at radius 3 is 2.69 bits per heavy atom. The molecule has 8 heteroatoms. The van der Waals surface area contributed by atoms with Crippen molar-refractivity contribution >= 4 is 23.3 Å². The first-order valence-corrected chi connectivity index (χ1v) is 8.82. The van der Waals surface area contributed by atoms with Crippen molar-refractivity contribution in [2.45, 2.75) is 25.4 Å². The van der Waals surface area contributed by atoms with Crippen molar-refractivity contribution in [1.82, 2.24) is 15.5 Å². The minimum Gasteiger partial charge on any atom is -0.497 e. The third kappa shape index (κ3) is 4.83. The van der Waals surface area contributed by atoms with E-state index in [1.165, 1.54) is 6.07 Å². The Hall–Kier alpha value is -2.38. The Morgan fingerprint density at radius 2 is 2.00 bits per heavy atom. The molecule has 0 atom stereocenters. The second-order valence-electron chi connectivity index (χ2n) is 5.99. The summed E-state index contributed by atoms with van der Waals surface area (Å²) in [6.07, 6.45) is 1.60. The monoisotopic (exact) mass is 376 g/mol. The molecule has 0 bridgehead atoms. The number of halogens is 1. The van der Waals surface area contributed by atoms with E-state index in [4.69, 9.17) is 21.1 Å². The molecule has 0 saturated carbocycles. The lowest BCUT2D eigenvalue weighted by Gasteiger charge is -2.23. The molecule has 138 valence electrons. The average Bonchev–Trinajstić information content (AvgIpc) is 2.68. The fourth-order valence-corrected chi connectivity index (χ4v) is 2.85. The zero-order valence-corrected chi connectivity index (χ0v) is 15.3. The highest BCUT2D eigenvalue weighted by Crippen LogP contribution is 2.18. The number of nitrogens with one attached hydrogen (secondary N) is 2. The summed E-state index contributed by atoms with van der Waals surface area (Å²) in [5, 5.41) is 14.2. The SMILES string of the molecule is COc1ccc(CNc2nnc(Cl)cc2C(=O)NC2CCOCC2)cc1. The van der Waals surface area contributed by atoms with E-state index in [2.05, 4.69) is 20.8 Å². The molecule has 2 heterocycles. The number of hydrogen-bond acceptors (Lipinski definition) is 6. The fourth-order valence-electron chi connectivity index (χ4n) is 2.71. The highest BCUT2D eigenvalue weighted by Gasteiger charge is 2.20. The van der Waals surface area contributed by atoms with Crippen molar-refractivity contribution in [1.29, 1.82) is 0 Å². The number of amides is 1. The van der Waals surface area contributed by atoms with Crippen LogP contribution in [0.3, 0.4) is 0 Å². The summed E-state index contributed by atoms with van der Waals surface area (Å²) in [5.41, 5.74) is 1.41. The second-order valence-corrected chi connectivity index (χ2v) is 6.38. The molecular weight excluding hydrogens is 356 g/mol. The van der Waals surface area contributed by atoms with E-state index in [9.17, 15) is 4.79 Å². The molecule has 0 aliphatic carbocycles. The maximum absolute atomic E-state index is 12.6. The summed E-state index contributed by atoms with van der Waals surface area (Å²) in [7, 11) is 1.62. The lowest BCUT2D eigenvalue weighted by molar-refractivity contribution is 0.0696. The molecule has 0 unspecified atom stereocenters. The molecule has 0 spiro atoms. The summed E-state index contributed by atoms with van der Waals surface area (Å²) in [6, 6.07) is 9.26. The van der Waals surface area contributed by atoms with Crippen LogP contribution in [0.5, 0.6) is 5.75 Å². The lowest BCUT2D eigenvalue weighted by atomic mass is 10.1. The zero-order chi connectivity index (χ0) is 18.4. The van der Waals surface area contributed by atoms with Gasteiger partial charge in [0.25, 0.3) is 5.91 Å². The van der Waals surface area contributed by atoms with Gasteiger partial charge in [-0.3, -0.25) is 4.79 Å². The Labute approximate surface area is 157 Å². The maximum atomic E-state index is 12.6. The topological polar surface area (TPSA) is 85.4 Å². The van der Waals surface area contributed by atoms with Crippen LogP contribution in [-0.2, 0) is 11.3 Å². The average molecular weight is 377 g/mol. The van der Waals surface area contributed by atoms with Crippen LogP contribution in [0.2, 0.25) is 5.15 Å². The quantitative estimate of drug-likeness (QED) is 0.806. The van der Waals surface area contributed by atoms with Crippen LogP contribution < -0.4 is 15.4 Å². The van der Waals surface area contributed by atoms with E-state index in [-0.39, 0.29) is 17.1 Å². The number of rotatable bonds is 6. The molecule has 1 aromatic carbocycles. The number of aromatic nitrogens is 2. The first-order valence-electron chi connectivity index (χ1n) is 8.44. The van der Waals surface area contributed by atoms with Crippen LogP contribution in [0.25, 0.3) is 0 Å². The van der Waals surface area contributed by atoms with Gasteiger partial charge in [0.05, 0.1) is 12.7 Å². The second kappa shape index (κ2) is 8.82. The Morgan fingerprint density at radius 1 is 1.27 bits per heavy atom. The largest absolute Gasteiger partial charge is 0.497 e. The minimum absolute atomic E-state index is 0.0950. The van der Waals surface area contributed by atoms with Gasteiger partial charge in [0.15, 0.2) is 11.0 Å². The standard InChI is InChI=1S/C18H21ClN4O3/c1-25-14-4-2-12(3-5-14)11-20-17-15(10-16(19)22-23-17)18(24)21-13-6-8-26-9-7-13/h2-5,10,13H,6-9,11H2,1H3,(H,20,23)(H,21,24). The summed E-state index contributed by atoms with van der Waals surface area (Å²) >= 11 is 5.94. The fraction of sp³-hybridized carbons (Fsp3) is 0.389. The molecule has 1 aliphatic heterocycles. The molecule has 26 heavy (non-hydrogen) atoms. The van der Waals surface area contributed by atoms with Gasteiger partial charge < -0.3 is 20.1 Å². The van der Waals surface area contributed by atoms with Gasteiger partial charge in [-0.25, -0.2) is 0 Å². The van der Waals surface area contributed by atoms with Gasteiger partial charge in [-0.15, -0.1) is 10.2 Å². The van der Waals surface area contributed by atoms with Crippen LogP contribution in [0.1, 0.15) is 28.8 Å². The highest BCUT2D eigenvalue weighted by molar-refractivity contribution is 6.29. The number of methoxy groups -OCH3 is 1. The van der Waals surface area contributed by atoms with Gasteiger partial charge in [-0.2, -0.15) is 0 Å². The molecule has 0 radical (unpaired) electrons. The predicted octanol–water partition coefficient (Wildman–Crippen LogP) is 2.66. The van der Waals surface area contributed by atoms with Crippen LogP contribution in [0.15, 0.2) is 30.3 Å². The van der Waals surface area contributed by atoms with E-state index >= 15 is 0 Å². The summed E-state index contributed by atoms with van der Waals surface area (Å²) in [4.78, 5) is 12.6. The Balaban J connectivity index is 1.69. The van der Waals surface area contributed by atoms with Crippen molar-refractivity contribution in [3.05, 3.63) is 46.6 Å². The molecule has 1 aliphatic rings. The smallest absolute Gasteiger partial charge is 0.255 e. The third-order valence-electron chi connectivity index (χ3n) is 4.18. The number of anilines is 1. The number of hydrogen-bond donors (Lipinski definition) is 2. The summed E-state index contributed by atoms with van der Waals surface area (Å²) < 4.78 is 10.5. The highest BCUT2D eigenvalue weighted by atomic mass is 35.5. The maximum Gasteiger partial charge on any atom is 0.255 e. The Bertz CT molecular complexity index is 749. The molecule has 3 rings (SSSR count). The lowest BCUT2D eigenvalue weighted by Crippen LogP contribution is -2.39. The van der Waals surface area contributed by atoms with Crippen LogP contribution in [0.4, 0.5) is 5.82 Å². The number of carbonyl (C=O) groups excluding carboxylic acids is 1. The van der Waals surface area contributed by atoms with E-state index in [0.717, 1.165) is 24.2 Å². The predicted molar refractivity (Wildman–Crippen MR) is 98.7 cm³/mol. The molecule has 7 nitrogen and oxygen atoms in total. The molecule has 1 amide bonds. The third-order valence-corrected chi connectivity index (χ3v) is 4.37. The summed E-state index contributed by atoms with van der Waals surface area (Å²) in [5.74, 6) is 0.970. The van der Waals surface area contributed by atoms with Crippen molar-refractivity contribution in [3.8, 4) is 5.75 Å². The van der Waals surface area contributed by atoms with Crippen LogP contribution in [0, 0.1) is 0 Å². The van der Waals surface area contributed by atoms with Gasteiger partial charge in [0.1, 0.15) is 5.75 Å². The van der Waals surface area contributed by atoms with Gasteiger partial charge in [-0.05, 0) is 36.6 Å².